The molecule has 0 aromatic carbocycles. The summed E-state index contributed by atoms with van der Waals surface area (Å²) >= 11 is 0. The van der Waals surface area contributed by atoms with Crippen molar-refractivity contribution in [3.05, 3.63) is 35.8 Å². The molecule has 0 spiro atoms. The van der Waals surface area contributed by atoms with E-state index >= 15 is 0 Å². The summed E-state index contributed by atoms with van der Waals surface area (Å²) in [5.41, 5.74) is 0.914. The summed E-state index contributed by atoms with van der Waals surface area (Å²) < 4.78 is 13.1. The van der Waals surface area contributed by atoms with E-state index in [9.17, 15) is 0 Å². The van der Waals surface area contributed by atoms with E-state index in [0.717, 1.165) is 42.8 Å². The molecular formula is C17H26N6O2. The van der Waals surface area contributed by atoms with Crippen LogP contribution in [0.4, 0.5) is 5.82 Å². The highest BCUT2D eigenvalue weighted by atomic mass is 16.5. The minimum Gasteiger partial charge on any atom is -0.383 e. The summed E-state index contributed by atoms with van der Waals surface area (Å²) in [4.78, 5) is 15.8. The molecule has 25 heavy (non-hydrogen) atoms. The van der Waals surface area contributed by atoms with Crippen LogP contribution in [0.2, 0.25) is 0 Å². The van der Waals surface area contributed by atoms with Crippen molar-refractivity contribution in [2.24, 2.45) is 7.05 Å². The first kappa shape index (κ1) is 17.8. The van der Waals surface area contributed by atoms with Gasteiger partial charge in [0.1, 0.15) is 23.6 Å². The lowest BCUT2D eigenvalue weighted by molar-refractivity contribution is -0.0360. The summed E-state index contributed by atoms with van der Waals surface area (Å²) in [6.45, 7) is 6.43. The van der Waals surface area contributed by atoms with Crippen molar-refractivity contribution >= 4 is 5.82 Å². The number of aromatic nitrogens is 4. The Morgan fingerprint density at radius 1 is 1.40 bits per heavy atom. The van der Waals surface area contributed by atoms with Crippen molar-refractivity contribution in [3.63, 3.8) is 0 Å². The topological polar surface area (TPSA) is 77.3 Å². The number of ether oxygens (including phenoxy) is 2. The summed E-state index contributed by atoms with van der Waals surface area (Å²) in [7, 11) is 3.70. The molecule has 1 N–H and O–H groups in total. The lowest BCUT2D eigenvalue weighted by Crippen LogP contribution is -2.38. The quantitative estimate of drug-likeness (QED) is 0.754. The minimum atomic E-state index is -0.0568. The molecule has 1 saturated heterocycles. The number of methoxy groups -OCH3 is 1. The van der Waals surface area contributed by atoms with E-state index in [0.29, 0.717) is 19.8 Å². The molecule has 2 aromatic rings. The molecule has 0 unspecified atom stereocenters. The van der Waals surface area contributed by atoms with Gasteiger partial charge in [-0.3, -0.25) is 4.90 Å². The van der Waals surface area contributed by atoms with Crippen LogP contribution in [0.5, 0.6) is 0 Å². The van der Waals surface area contributed by atoms with Crippen molar-refractivity contribution in [1.82, 2.24) is 24.4 Å². The van der Waals surface area contributed by atoms with Crippen LogP contribution in [0, 0.1) is 6.92 Å². The van der Waals surface area contributed by atoms with E-state index < -0.39 is 0 Å². The molecule has 0 amide bonds. The average Bonchev–Trinajstić information content (AvgIpc) is 3.00. The molecule has 3 heterocycles. The molecule has 1 fully saturated rings. The van der Waals surface area contributed by atoms with Crippen molar-refractivity contribution in [1.29, 1.82) is 0 Å². The number of anilines is 1. The zero-order chi connectivity index (χ0) is 17.6. The number of rotatable bonds is 7. The third-order valence-electron chi connectivity index (χ3n) is 4.24. The maximum Gasteiger partial charge on any atom is 0.130 e. The van der Waals surface area contributed by atoms with Gasteiger partial charge in [0.05, 0.1) is 25.5 Å². The fourth-order valence-corrected chi connectivity index (χ4v) is 2.90. The van der Waals surface area contributed by atoms with E-state index in [-0.39, 0.29) is 6.10 Å². The molecule has 0 bridgehead atoms. The van der Waals surface area contributed by atoms with Crippen LogP contribution in [0.3, 0.4) is 0 Å². The van der Waals surface area contributed by atoms with Crippen LogP contribution in [0.15, 0.2) is 18.5 Å². The molecule has 1 aliphatic heterocycles. The first-order chi connectivity index (χ1) is 12.2. The first-order valence-corrected chi connectivity index (χ1v) is 8.54. The third-order valence-corrected chi connectivity index (χ3v) is 4.24. The van der Waals surface area contributed by atoms with Gasteiger partial charge in [-0.05, 0) is 6.92 Å². The van der Waals surface area contributed by atoms with Gasteiger partial charge in [0.15, 0.2) is 0 Å². The van der Waals surface area contributed by atoms with Gasteiger partial charge in [0, 0.05) is 52.3 Å². The van der Waals surface area contributed by atoms with Gasteiger partial charge in [-0.1, -0.05) is 0 Å². The second-order valence-electron chi connectivity index (χ2n) is 6.19. The largest absolute Gasteiger partial charge is 0.383 e. The lowest BCUT2D eigenvalue weighted by atomic mass is 10.2. The highest BCUT2D eigenvalue weighted by Gasteiger charge is 2.24. The molecule has 8 nitrogen and oxygen atoms in total. The molecule has 8 heteroatoms. The number of hydrogen-bond acceptors (Lipinski definition) is 7. The summed E-state index contributed by atoms with van der Waals surface area (Å²) in [6, 6.07) is 1.97. The van der Waals surface area contributed by atoms with Gasteiger partial charge < -0.3 is 19.4 Å². The Hall–Kier alpha value is -2.03. The molecule has 3 rings (SSSR count). The number of nitrogens with zero attached hydrogens (tertiary/aromatic N) is 5. The second-order valence-corrected chi connectivity index (χ2v) is 6.19. The van der Waals surface area contributed by atoms with Crippen molar-refractivity contribution in [3.8, 4) is 0 Å². The normalized spacial score (nSPS) is 18.4. The number of nitrogens with one attached hydrogen (secondary N) is 1. The molecule has 2 aromatic heterocycles. The van der Waals surface area contributed by atoms with Gasteiger partial charge in [0.25, 0.3) is 0 Å². The van der Waals surface area contributed by atoms with Crippen LogP contribution in [0.1, 0.15) is 23.4 Å². The van der Waals surface area contributed by atoms with E-state index in [1.54, 1.807) is 7.11 Å². The third kappa shape index (κ3) is 4.75. The van der Waals surface area contributed by atoms with Crippen molar-refractivity contribution < 1.29 is 9.47 Å². The average molecular weight is 346 g/mol. The molecule has 1 aliphatic rings. The number of imidazole rings is 1. The second kappa shape index (κ2) is 8.37. The van der Waals surface area contributed by atoms with Gasteiger partial charge in [-0.25, -0.2) is 15.0 Å². The van der Waals surface area contributed by atoms with Crippen molar-refractivity contribution in [2.45, 2.75) is 19.6 Å². The van der Waals surface area contributed by atoms with Gasteiger partial charge in [0.2, 0.25) is 0 Å². The van der Waals surface area contributed by atoms with E-state index in [4.69, 9.17) is 9.47 Å². The van der Waals surface area contributed by atoms with Crippen LogP contribution in [-0.2, 0) is 23.1 Å². The van der Waals surface area contributed by atoms with Crippen LogP contribution < -0.4 is 5.32 Å². The Balaban J connectivity index is 1.67. The standard InChI is InChI=1S/C17H26N6O2/c1-13-20-14(10-16(21-13)18-5-8-24-3)15-11-23(7-9-25-15)12-17-19-4-6-22(17)2/h4,6,10,15H,5,7-9,11-12H2,1-3H3,(H,18,20,21)/t15-/m1/s1. The fraction of sp³-hybridized carbons (Fsp3) is 0.588. The molecule has 0 saturated carbocycles. The zero-order valence-corrected chi connectivity index (χ0v) is 15.1. The highest BCUT2D eigenvalue weighted by molar-refractivity contribution is 5.36. The molecule has 0 radical (unpaired) electrons. The van der Waals surface area contributed by atoms with E-state index in [1.165, 1.54) is 0 Å². The smallest absolute Gasteiger partial charge is 0.130 e. The minimum absolute atomic E-state index is 0.0568. The Labute approximate surface area is 148 Å². The monoisotopic (exact) mass is 346 g/mol. The Bertz CT molecular complexity index is 690. The molecule has 1 atom stereocenters. The van der Waals surface area contributed by atoms with E-state index in [2.05, 4.69) is 29.7 Å². The van der Waals surface area contributed by atoms with Crippen LogP contribution in [0.25, 0.3) is 0 Å². The molecule has 136 valence electrons. The fourth-order valence-electron chi connectivity index (χ4n) is 2.90. The highest BCUT2D eigenvalue weighted by Crippen LogP contribution is 2.23. The number of aryl methyl sites for hydroxylation is 2. The van der Waals surface area contributed by atoms with Crippen LogP contribution >= 0.6 is 0 Å². The van der Waals surface area contributed by atoms with E-state index in [1.807, 2.05) is 32.4 Å². The maximum atomic E-state index is 5.97. The van der Waals surface area contributed by atoms with Gasteiger partial charge in [-0.2, -0.15) is 0 Å². The predicted octanol–water partition coefficient (Wildman–Crippen LogP) is 1.15. The summed E-state index contributed by atoms with van der Waals surface area (Å²) in [5, 5.41) is 3.26. The maximum absolute atomic E-state index is 5.97. The Kier molecular flexibility index (Phi) is 5.95. The van der Waals surface area contributed by atoms with Crippen LogP contribution in [-0.4, -0.2) is 64.4 Å². The van der Waals surface area contributed by atoms with Gasteiger partial charge in [-0.15, -0.1) is 0 Å². The number of hydrogen-bond donors (Lipinski definition) is 1. The Morgan fingerprint density at radius 3 is 3.04 bits per heavy atom. The molecule has 0 aliphatic carbocycles. The van der Waals surface area contributed by atoms with Gasteiger partial charge >= 0.3 is 0 Å². The van der Waals surface area contributed by atoms with Crippen molar-refractivity contribution in [2.75, 3.05) is 45.3 Å². The first-order valence-electron chi connectivity index (χ1n) is 8.54. The lowest BCUT2D eigenvalue weighted by Gasteiger charge is -2.32. The molecular weight excluding hydrogens is 320 g/mol. The Morgan fingerprint density at radius 2 is 2.28 bits per heavy atom. The summed E-state index contributed by atoms with van der Waals surface area (Å²) in [6.07, 6.45) is 3.75. The predicted molar refractivity (Wildman–Crippen MR) is 94.3 cm³/mol. The number of morpholine rings is 1. The SMILES string of the molecule is COCCNc1cc([C@H]2CN(Cc3nccn3C)CCO2)nc(C)n1. The zero-order valence-electron chi connectivity index (χ0n) is 15.1. The summed E-state index contributed by atoms with van der Waals surface area (Å²) in [5.74, 6) is 2.60.